The van der Waals surface area contributed by atoms with Crippen LogP contribution < -0.4 is 0 Å². The van der Waals surface area contributed by atoms with E-state index >= 15 is 0 Å². The summed E-state index contributed by atoms with van der Waals surface area (Å²) in [6.07, 6.45) is 6.77. The van der Waals surface area contributed by atoms with Gasteiger partial charge in [-0.25, -0.2) is 19.0 Å². The summed E-state index contributed by atoms with van der Waals surface area (Å²) < 4.78 is 14.8. The van der Waals surface area contributed by atoms with Crippen LogP contribution in [0.4, 0.5) is 4.39 Å². The monoisotopic (exact) mass is 286 g/mol. The second-order valence-electron chi connectivity index (χ2n) is 4.05. The van der Waals surface area contributed by atoms with E-state index in [0.717, 1.165) is 10.6 Å². The molecule has 4 nitrogen and oxygen atoms in total. The Balaban J connectivity index is 1.81. The van der Waals surface area contributed by atoms with Crippen molar-refractivity contribution >= 4 is 11.8 Å². The quantitative estimate of drug-likeness (QED) is 0.691. The molecule has 1 aromatic carbocycles. The molecular formula is C14H11FN4S. The summed E-state index contributed by atoms with van der Waals surface area (Å²) in [5.74, 6) is 1.08. The minimum atomic E-state index is -0.227. The van der Waals surface area contributed by atoms with E-state index in [1.165, 1.54) is 23.9 Å². The van der Waals surface area contributed by atoms with E-state index < -0.39 is 0 Å². The molecule has 6 heteroatoms. The van der Waals surface area contributed by atoms with Crippen LogP contribution in [0.3, 0.4) is 0 Å². The zero-order chi connectivity index (χ0) is 13.8. The molecule has 0 spiro atoms. The molecule has 0 saturated carbocycles. The zero-order valence-corrected chi connectivity index (χ0v) is 11.3. The van der Waals surface area contributed by atoms with Crippen LogP contribution in [0.2, 0.25) is 0 Å². The molecule has 0 aliphatic heterocycles. The molecule has 3 rings (SSSR count). The highest BCUT2D eigenvalue weighted by Gasteiger charge is 2.08. The third-order valence-corrected chi connectivity index (χ3v) is 3.67. The first-order valence-electron chi connectivity index (χ1n) is 6.01. The summed E-state index contributed by atoms with van der Waals surface area (Å²) in [4.78, 5) is 8.61. The maximum absolute atomic E-state index is 13.1. The van der Waals surface area contributed by atoms with Crippen molar-refractivity contribution in [3.05, 3.63) is 66.5 Å². The van der Waals surface area contributed by atoms with Crippen LogP contribution in [0.5, 0.6) is 0 Å². The van der Waals surface area contributed by atoms with Gasteiger partial charge in [0.15, 0.2) is 5.82 Å². The first-order valence-corrected chi connectivity index (χ1v) is 7.00. The van der Waals surface area contributed by atoms with E-state index in [0.29, 0.717) is 11.6 Å². The number of halogens is 1. The van der Waals surface area contributed by atoms with E-state index in [2.05, 4.69) is 15.1 Å². The van der Waals surface area contributed by atoms with Crippen molar-refractivity contribution in [2.75, 3.05) is 0 Å². The molecule has 0 amide bonds. The molecule has 0 atom stereocenters. The maximum Gasteiger partial charge on any atom is 0.186 e. The van der Waals surface area contributed by atoms with Crippen LogP contribution in [0.15, 0.2) is 60.1 Å². The average Bonchev–Trinajstić information content (AvgIpc) is 3.00. The molecule has 0 fully saturated rings. The van der Waals surface area contributed by atoms with Gasteiger partial charge in [0.2, 0.25) is 0 Å². The van der Waals surface area contributed by atoms with Crippen molar-refractivity contribution in [3.63, 3.8) is 0 Å². The maximum atomic E-state index is 13.1. The SMILES string of the molecule is Fc1cccc(CSc2nccnc2-n2cccn2)c1. The van der Waals surface area contributed by atoms with Crippen molar-refractivity contribution in [2.45, 2.75) is 10.8 Å². The van der Waals surface area contributed by atoms with E-state index in [1.54, 1.807) is 29.3 Å². The Morgan fingerprint density at radius 3 is 2.80 bits per heavy atom. The van der Waals surface area contributed by atoms with Crippen LogP contribution in [-0.2, 0) is 5.75 Å². The number of nitrogens with zero attached hydrogens (tertiary/aromatic N) is 4. The summed E-state index contributed by atoms with van der Waals surface area (Å²) in [6, 6.07) is 8.38. The standard InChI is InChI=1S/C14H11FN4S/c15-12-4-1-3-11(9-12)10-20-14-13(16-6-7-17-14)19-8-2-5-18-19/h1-9H,10H2. The lowest BCUT2D eigenvalue weighted by Gasteiger charge is -2.06. The first-order chi connectivity index (χ1) is 9.83. The third kappa shape index (κ3) is 2.85. The Hall–Kier alpha value is -2.21. The fourth-order valence-electron chi connectivity index (χ4n) is 1.75. The summed E-state index contributed by atoms with van der Waals surface area (Å²) in [5.41, 5.74) is 0.909. The normalized spacial score (nSPS) is 10.7. The van der Waals surface area contributed by atoms with Gasteiger partial charge in [-0.15, -0.1) is 0 Å². The summed E-state index contributed by atoms with van der Waals surface area (Å²) in [7, 11) is 0. The van der Waals surface area contributed by atoms with Gasteiger partial charge in [-0.2, -0.15) is 5.10 Å². The molecule has 100 valence electrons. The first kappa shape index (κ1) is 12.8. The summed E-state index contributed by atoms with van der Waals surface area (Å²) in [6.45, 7) is 0. The Morgan fingerprint density at radius 2 is 2.00 bits per heavy atom. The molecule has 0 bridgehead atoms. The number of rotatable bonds is 4. The van der Waals surface area contributed by atoms with Crippen LogP contribution in [-0.4, -0.2) is 19.7 Å². The fraction of sp³-hybridized carbons (Fsp3) is 0.0714. The van der Waals surface area contributed by atoms with Crippen molar-refractivity contribution in [2.24, 2.45) is 0 Å². The predicted molar refractivity (Wildman–Crippen MR) is 75.1 cm³/mol. The van der Waals surface area contributed by atoms with Gasteiger partial charge in [0.1, 0.15) is 10.8 Å². The Labute approximate surface area is 119 Å². The Morgan fingerprint density at radius 1 is 1.10 bits per heavy atom. The smallest absolute Gasteiger partial charge is 0.186 e. The van der Waals surface area contributed by atoms with Gasteiger partial charge < -0.3 is 0 Å². The topological polar surface area (TPSA) is 43.6 Å². The van der Waals surface area contributed by atoms with Gasteiger partial charge in [-0.3, -0.25) is 0 Å². The molecule has 20 heavy (non-hydrogen) atoms. The lowest BCUT2D eigenvalue weighted by atomic mass is 10.2. The molecule has 0 aliphatic rings. The Kier molecular flexibility index (Phi) is 3.73. The van der Waals surface area contributed by atoms with Gasteiger partial charge in [0, 0.05) is 30.5 Å². The molecule has 0 saturated heterocycles. The molecular weight excluding hydrogens is 275 g/mol. The molecule has 0 radical (unpaired) electrons. The number of hydrogen-bond acceptors (Lipinski definition) is 4. The average molecular weight is 286 g/mol. The Bertz CT molecular complexity index is 700. The van der Waals surface area contributed by atoms with Crippen molar-refractivity contribution in [1.29, 1.82) is 0 Å². The molecule has 3 aromatic rings. The fourth-order valence-corrected chi connectivity index (χ4v) is 2.64. The zero-order valence-electron chi connectivity index (χ0n) is 10.5. The molecule has 0 N–H and O–H groups in total. The molecule has 0 aliphatic carbocycles. The van der Waals surface area contributed by atoms with Crippen molar-refractivity contribution < 1.29 is 4.39 Å². The molecule has 0 unspecified atom stereocenters. The number of thioether (sulfide) groups is 1. The van der Waals surface area contributed by atoms with Crippen molar-refractivity contribution in [3.8, 4) is 5.82 Å². The van der Waals surface area contributed by atoms with Crippen LogP contribution in [0.25, 0.3) is 5.82 Å². The minimum Gasteiger partial charge on any atom is -0.244 e. The lowest BCUT2D eigenvalue weighted by molar-refractivity contribution is 0.626. The number of benzene rings is 1. The van der Waals surface area contributed by atoms with E-state index in [4.69, 9.17) is 0 Å². The highest BCUT2D eigenvalue weighted by atomic mass is 32.2. The van der Waals surface area contributed by atoms with Crippen LogP contribution in [0, 0.1) is 5.82 Å². The van der Waals surface area contributed by atoms with Gasteiger partial charge in [0.25, 0.3) is 0 Å². The van der Waals surface area contributed by atoms with E-state index in [1.807, 2.05) is 18.3 Å². The second kappa shape index (κ2) is 5.83. The third-order valence-electron chi connectivity index (χ3n) is 2.63. The van der Waals surface area contributed by atoms with Gasteiger partial charge in [-0.1, -0.05) is 23.9 Å². The van der Waals surface area contributed by atoms with Gasteiger partial charge >= 0.3 is 0 Å². The highest BCUT2D eigenvalue weighted by Crippen LogP contribution is 2.25. The van der Waals surface area contributed by atoms with Crippen LogP contribution in [0.1, 0.15) is 5.56 Å². The number of hydrogen-bond donors (Lipinski definition) is 0. The molecule has 2 heterocycles. The predicted octanol–water partition coefficient (Wildman–Crippen LogP) is 3.09. The molecule has 2 aromatic heterocycles. The van der Waals surface area contributed by atoms with Gasteiger partial charge in [0.05, 0.1) is 0 Å². The second-order valence-corrected chi connectivity index (χ2v) is 5.02. The van der Waals surface area contributed by atoms with Gasteiger partial charge in [-0.05, 0) is 23.8 Å². The van der Waals surface area contributed by atoms with Crippen LogP contribution >= 0.6 is 11.8 Å². The van der Waals surface area contributed by atoms with E-state index in [9.17, 15) is 4.39 Å². The lowest BCUT2D eigenvalue weighted by Crippen LogP contribution is -2.01. The highest BCUT2D eigenvalue weighted by molar-refractivity contribution is 7.98. The minimum absolute atomic E-state index is 0.227. The van der Waals surface area contributed by atoms with Crippen molar-refractivity contribution in [1.82, 2.24) is 19.7 Å². The summed E-state index contributed by atoms with van der Waals surface area (Å²) in [5, 5.41) is 4.92. The number of aromatic nitrogens is 4. The largest absolute Gasteiger partial charge is 0.244 e. The van der Waals surface area contributed by atoms with E-state index in [-0.39, 0.29) is 5.82 Å². The summed E-state index contributed by atoms with van der Waals surface area (Å²) >= 11 is 1.51.